The van der Waals surface area contributed by atoms with E-state index in [1.165, 1.54) is 4.90 Å². The molecule has 1 N–H and O–H groups in total. The van der Waals surface area contributed by atoms with Crippen LogP contribution in [0.4, 0.5) is 0 Å². The number of para-hydroxylation sites is 2. The number of rotatable bonds is 4. The Morgan fingerprint density at radius 1 is 0.788 bits per heavy atom. The minimum Gasteiger partial charge on any atom is -0.306 e. The second-order valence-electron chi connectivity index (χ2n) is 8.86. The number of imide groups is 1. The fourth-order valence-electron chi connectivity index (χ4n) is 5.36. The standard InChI is InChI=1S/C26H24N4O3/c31-24-19-7-3-5-17-6-4-8-20(23(17)19)25(32)29(24)16-15-28-13-11-18(12-14-28)30-22-10-2-1-9-21(22)27-26(30)33/h1-10,18H,11-16H2,(H,27,33). The monoisotopic (exact) mass is 440 g/mol. The van der Waals surface area contributed by atoms with Gasteiger partial charge in [0.2, 0.25) is 0 Å². The van der Waals surface area contributed by atoms with E-state index in [0.29, 0.717) is 24.2 Å². The van der Waals surface area contributed by atoms with Crippen LogP contribution in [0, 0.1) is 0 Å². The number of H-pyrrole nitrogens is 1. The van der Waals surface area contributed by atoms with Gasteiger partial charge in [0, 0.05) is 48.7 Å². The van der Waals surface area contributed by atoms with E-state index in [9.17, 15) is 14.4 Å². The molecule has 7 heteroatoms. The van der Waals surface area contributed by atoms with E-state index in [0.717, 1.165) is 47.7 Å². The number of hydrogen-bond donors (Lipinski definition) is 1. The van der Waals surface area contributed by atoms with Gasteiger partial charge in [-0.2, -0.15) is 0 Å². The van der Waals surface area contributed by atoms with Crippen LogP contribution < -0.4 is 5.69 Å². The van der Waals surface area contributed by atoms with Crippen LogP contribution in [0.3, 0.4) is 0 Å². The lowest BCUT2D eigenvalue weighted by molar-refractivity contribution is 0.0583. The zero-order valence-corrected chi connectivity index (χ0v) is 18.2. The molecule has 1 aromatic heterocycles. The Balaban J connectivity index is 1.15. The highest BCUT2D eigenvalue weighted by Crippen LogP contribution is 2.30. The molecule has 2 aliphatic heterocycles. The number of imidazole rings is 1. The number of amides is 2. The molecule has 3 heterocycles. The van der Waals surface area contributed by atoms with Crippen LogP contribution in [0.1, 0.15) is 39.6 Å². The minimum atomic E-state index is -0.218. The summed E-state index contributed by atoms with van der Waals surface area (Å²) in [6.45, 7) is 2.63. The molecule has 166 valence electrons. The normalized spacial score (nSPS) is 17.4. The summed E-state index contributed by atoms with van der Waals surface area (Å²) in [4.78, 5) is 45.3. The molecule has 0 unspecified atom stereocenters. The maximum absolute atomic E-state index is 13.1. The number of aromatic nitrogens is 2. The van der Waals surface area contributed by atoms with E-state index in [4.69, 9.17) is 0 Å². The van der Waals surface area contributed by atoms with Gasteiger partial charge in [-0.1, -0.05) is 36.4 Å². The van der Waals surface area contributed by atoms with E-state index in [1.807, 2.05) is 53.1 Å². The number of carbonyl (C=O) groups excluding carboxylic acids is 2. The van der Waals surface area contributed by atoms with Gasteiger partial charge in [-0.25, -0.2) is 4.79 Å². The minimum absolute atomic E-state index is 0.0630. The van der Waals surface area contributed by atoms with Crippen molar-refractivity contribution in [3.63, 3.8) is 0 Å². The van der Waals surface area contributed by atoms with Gasteiger partial charge in [0.15, 0.2) is 0 Å². The van der Waals surface area contributed by atoms with E-state index in [-0.39, 0.29) is 23.5 Å². The zero-order valence-electron chi connectivity index (χ0n) is 18.2. The number of hydrogen-bond acceptors (Lipinski definition) is 4. The summed E-state index contributed by atoms with van der Waals surface area (Å²) in [5.74, 6) is -0.436. The van der Waals surface area contributed by atoms with Gasteiger partial charge in [-0.15, -0.1) is 0 Å². The maximum Gasteiger partial charge on any atom is 0.326 e. The molecule has 0 spiro atoms. The number of likely N-dealkylation sites (tertiary alicyclic amines) is 1. The van der Waals surface area contributed by atoms with Crippen LogP contribution in [0.25, 0.3) is 21.8 Å². The van der Waals surface area contributed by atoms with Crippen LogP contribution in [-0.2, 0) is 0 Å². The Morgan fingerprint density at radius 2 is 1.45 bits per heavy atom. The Morgan fingerprint density at radius 3 is 2.15 bits per heavy atom. The van der Waals surface area contributed by atoms with Crippen molar-refractivity contribution in [2.24, 2.45) is 0 Å². The Hall–Kier alpha value is -3.71. The molecule has 2 amide bonds. The molecule has 0 radical (unpaired) electrons. The highest BCUT2D eigenvalue weighted by Gasteiger charge is 2.33. The second kappa shape index (κ2) is 7.71. The van der Waals surface area contributed by atoms with Crippen LogP contribution in [-0.4, -0.2) is 57.3 Å². The Bertz CT molecular complexity index is 1410. The average Bonchev–Trinajstić information content (AvgIpc) is 3.18. The lowest BCUT2D eigenvalue weighted by Crippen LogP contribution is -2.46. The fraction of sp³-hybridized carbons (Fsp3) is 0.269. The second-order valence-corrected chi connectivity index (χ2v) is 8.86. The summed E-state index contributed by atoms with van der Waals surface area (Å²) in [5, 5.41) is 1.68. The van der Waals surface area contributed by atoms with Gasteiger partial charge in [0.05, 0.1) is 11.0 Å². The molecule has 3 aromatic carbocycles. The quantitative estimate of drug-likeness (QED) is 0.494. The van der Waals surface area contributed by atoms with Crippen molar-refractivity contribution < 1.29 is 9.59 Å². The first-order valence-corrected chi connectivity index (χ1v) is 11.4. The van der Waals surface area contributed by atoms with Crippen molar-refractivity contribution in [2.45, 2.75) is 18.9 Å². The summed E-state index contributed by atoms with van der Waals surface area (Å²) in [6, 6.07) is 19.1. The topological polar surface area (TPSA) is 78.4 Å². The summed E-state index contributed by atoms with van der Waals surface area (Å²) in [7, 11) is 0. The van der Waals surface area contributed by atoms with Crippen molar-refractivity contribution >= 4 is 33.6 Å². The highest BCUT2D eigenvalue weighted by molar-refractivity contribution is 6.25. The first-order valence-electron chi connectivity index (χ1n) is 11.4. The number of carbonyl (C=O) groups is 2. The molecule has 0 bridgehead atoms. The third kappa shape index (κ3) is 3.19. The molecule has 6 rings (SSSR count). The van der Waals surface area contributed by atoms with Crippen molar-refractivity contribution in [3.05, 3.63) is 82.3 Å². The number of benzene rings is 3. The molecular weight excluding hydrogens is 416 g/mol. The number of fused-ring (bicyclic) bond motifs is 1. The van der Waals surface area contributed by atoms with Gasteiger partial charge in [0.25, 0.3) is 11.8 Å². The molecule has 1 saturated heterocycles. The van der Waals surface area contributed by atoms with Crippen molar-refractivity contribution in [3.8, 4) is 0 Å². The third-order valence-electron chi connectivity index (χ3n) is 7.04. The predicted molar refractivity (Wildman–Crippen MR) is 127 cm³/mol. The Kier molecular flexibility index (Phi) is 4.66. The molecule has 0 saturated carbocycles. The fourth-order valence-corrected chi connectivity index (χ4v) is 5.36. The summed E-state index contributed by atoms with van der Waals surface area (Å²) in [6.07, 6.45) is 1.71. The smallest absolute Gasteiger partial charge is 0.306 e. The first-order chi connectivity index (χ1) is 16.1. The number of nitrogens with zero attached hydrogens (tertiary/aromatic N) is 3. The lowest BCUT2D eigenvalue weighted by Gasteiger charge is -2.34. The lowest BCUT2D eigenvalue weighted by atomic mass is 9.94. The van der Waals surface area contributed by atoms with E-state index >= 15 is 0 Å². The summed E-state index contributed by atoms with van der Waals surface area (Å²) >= 11 is 0. The van der Waals surface area contributed by atoms with Gasteiger partial charge in [-0.3, -0.25) is 19.1 Å². The van der Waals surface area contributed by atoms with Crippen molar-refractivity contribution in [1.82, 2.24) is 19.4 Å². The van der Waals surface area contributed by atoms with Gasteiger partial charge in [-0.05, 0) is 42.5 Å². The zero-order chi connectivity index (χ0) is 22.5. The largest absolute Gasteiger partial charge is 0.326 e. The van der Waals surface area contributed by atoms with E-state index in [1.54, 1.807) is 12.1 Å². The third-order valence-corrected chi connectivity index (χ3v) is 7.04. The van der Waals surface area contributed by atoms with Crippen LogP contribution in [0.2, 0.25) is 0 Å². The SMILES string of the molecule is O=C1c2cccc3cccc(c23)C(=O)N1CCN1CCC(n2c(=O)[nH]c3ccccc32)CC1. The van der Waals surface area contributed by atoms with E-state index in [2.05, 4.69) is 9.88 Å². The molecule has 1 fully saturated rings. The maximum atomic E-state index is 13.1. The van der Waals surface area contributed by atoms with Crippen LogP contribution in [0.5, 0.6) is 0 Å². The number of piperidine rings is 1. The van der Waals surface area contributed by atoms with E-state index < -0.39 is 0 Å². The van der Waals surface area contributed by atoms with Gasteiger partial charge < -0.3 is 9.88 Å². The summed E-state index contributed by atoms with van der Waals surface area (Å²) < 4.78 is 1.88. The van der Waals surface area contributed by atoms with Gasteiger partial charge >= 0.3 is 5.69 Å². The molecule has 2 aliphatic rings. The molecule has 33 heavy (non-hydrogen) atoms. The van der Waals surface area contributed by atoms with Crippen LogP contribution >= 0.6 is 0 Å². The number of nitrogens with one attached hydrogen (secondary N) is 1. The van der Waals surface area contributed by atoms with Crippen molar-refractivity contribution in [1.29, 1.82) is 0 Å². The molecule has 4 aromatic rings. The molecule has 0 atom stereocenters. The molecule has 0 aliphatic carbocycles. The summed E-state index contributed by atoms with van der Waals surface area (Å²) in [5.41, 5.74) is 2.94. The number of aromatic amines is 1. The Labute approximate surface area is 190 Å². The molecule has 7 nitrogen and oxygen atoms in total. The predicted octanol–water partition coefficient (Wildman–Crippen LogP) is 3.42. The van der Waals surface area contributed by atoms with Crippen LogP contribution in [0.15, 0.2) is 65.5 Å². The molecular formula is C26H24N4O3. The average molecular weight is 441 g/mol. The van der Waals surface area contributed by atoms with Gasteiger partial charge in [0.1, 0.15) is 0 Å². The highest BCUT2D eigenvalue weighted by atomic mass is 16.2. The van der Waals surface area contributed by atoms with Crippen molar-refractivity contribution in [2.75, 3.05) is 26.2 Å². The first kappa shape index (κ1) is 19.9.